The fourth-order valence-electron chi connectivity index (χ4n) is 2.34. The summed E-state index contributed by atoms with van der Waals surface area (Å²) in [6.45, 7) is 2.21. The smallest absolute Gasteiger partial charge is 0.307 e. The van der Waals surface area contributed by atoms with Crippen LogP contribution >= 0.6 is 0 Å². The minimum Gasteiger partial charge on any atom is -0.481 e. The zero-order chi connectivity index (χ0) is 12.5. The van der Waals surface area contributed by atoms with Crippen molar-refractivity contribution in [2.45, 2.75) is 51.9 Å². The largest absolute Gasteiger partial charge is 0.481 e. The van der Waals surface area contributed by atoms with Gasteiger partial charge in [-0.2, -0.15) is 0 Å². The molecule has 1 aliphatic carbocycles. The molecule has 1 unspecified atom stereocenters. The quantitative estimate of drug-likeness (QED) is 0.610. The number of unbranched alkanes of at least 4 members (excludes halogenated alkanes) is 5. The Labute approximate surface area is 104 Å². The van der Waals surface area contributed by atoms with Crippen molar-refractivity contribution >= 4 is 5.97 Å². The molecular formula is C15H24O2. The van der Waals surface area contributed by atoms with Crippen LogP contribution in [0, 0.1) is 11.8 Å². The summed E-state index contributed by atoms with van der Waals surface area (Å²) in [6, 6.07) is 0. The molecule has 0 aliphatic heterocycles. The summed E-state index contributed by atoms with van der Waals surface area (Å²) in [4.78, 5) is 11.2. The van der Waals surface area contributed by atoms with Crippen LogP contribution in [0.1, 0.15) is 51.9 Å². The van der Waals surface area contributed by atoms with Crippen molar-refractivity contribution in [2.75, 3.05) is 0 Å². The molecule has 0 radical (unpaired) electrons. The lowest BCUT2D eigenvalue weighted by Gasteiger charge is -2.16. The second kappa shape index (κ2) is 8.10. The maximum Gasteiger partial charge on any atom is 0.307 e. The molecule has 0 saturated carbocycles. The zero-order valence-electron chi connectivity index (χ0n) is 10.8. The molecule has 1 aliphatic rings. The Kier molecular flexibility index (Phi) is 6.68. The van der Waals surface area contributed by atoms with E-state index in [4.69, 9.17) is 0 Å². The van der Waals surface area contributed by atoms with Gasteiger partial charge in [0, 0.05) is 5.92 Å². The third-order valence-electron chi connectivity index (χ3n) is 3.43. The molecule has 0 aromatic carbocycles. The van der Waals surface area contributed by atoms with Gasteiger partial charge in [-0.25, -0.2) is 0 Å². The highest BCUT2D eigenvalue weighted by Gasteiger charge is 2.24. The predicted molar refractivity (Wildman–Crippen MR) is 70.9 cm³/mol. The molecule has 0 aromatic rings. The minimum atomic E-state index is -0.653. The molecule has 1 rings (SSSR count). The zero-order valence-corrected chi connectivity index (χ0v) is 10.8. The summed E-state index contributed by atoms with van der Waals surface area (Å²) in [5.41, 5.74) is 0. The molecule has 0 bridgehead atoms. The number of aliphatic carboxylic acids is 1. The highest BCUT2D eigenvalue weighted by Crippen LogP contribution is 2.25. The van der Waals surface area contributed by atoms with Crippen molar-refractivity contribution in [1.82, 2.24) is 0 Å². The van der Waals surface area contributed by atoms with E-state index in [2.05, 4.69) is 6.92 Å². The molecule has 0 saturated heterocycles. The van der Waals surface area contributed by atoms with Crippen LogP contribution < -0.4 is 0 Å². The first-order valence-electron chi connectivity index (χ1n) is 6.83. The van der Waals surface area contributed by atoms with Crippen LogP contribution in [0.5, 0.6) is 0 Å². The van der Waals surface area contributed by atoms with Gasteiger partial charge in [0.2, 0.25) is 0 Å². The van der Waals surface area contributed by atoms with Crippen LogP contribution in [0.3, 0.4) is 0 Å². The van der Waals surface area contributed by atoms with E-state index in [0.717, 1.165) is 12.8 Å². The Morgan fingerprint density at radius 2 is 1.71 bits per heavy atom. The second-order valence-corrected chi connectivity index (χ2v) is 4.85. The van der Waals surface area contributed by atoms with Gasteiger partial charge in [0.25, 0.3) is 0 Å². The van der Waals surface area contributed by atoms with Gasteiger partial charge in [0.05, 0.1) is 5.92 Å². The van der Waals surface area contributed by atoms with Crippen LogP contribution in [-0.2, 0) is 4.79 Å². The lowest BCUT2D eigenvalue weighted by molar-refractivity contribution is -0.142. The van der Waals surface area contributed by atoms with E-state index in [0.29, 0.717) is 0 Å². The van der Waals surface area contributed by atoms with Crippen molar-refractivity contribution in [3.8, 4) is 0 Å². The van der Waals surface area contributed by atoms with Crippen molar-refractivity contribution in [1.29, 1.82) is 0 Å². The van der Waals surface area contributed by atoms with Gasteiger partial charge in [-0.3, -0.25) is 4.79 Å². The molecule has 1 N–H and O–H groups in total. The Balaban J connectivity index is 2.19. The molecule has 1 atom stereocenters. The van der Waals surface area contributed by atoms with Crippen molar-refractivity contribution < 1.29 is 9.90 Å². The standard InChI is InChI=1S/C15H24O2/c1-2-3-4-5-6-7-12-14(15(16)17)13-10-8-9-11-13/h8-11,13-14H,2-7,12H2,1H3,(H,16,17). The minimum absolute atomic E-state index is 0.114. The lowest BCUT2D eigenvalue weighted by Crippen LogP contribution is -2.20. The van der Waals surface area contributed by atoms with Crippen LogP contribution in [-0.4, -0.2) is 11.1 Å². The van der Waals surface area contributed by atoms with Gasteiger partial charge in [0.15, 0.2) is 0 Å². The number of carboxylic acid groups (broad SMARTS) is 1. The fraction of sp³-hybridized carbons (Fsp3) is 0.667. The topological polar surface area (TPSA) is 37.3 Å². The maximum absolute atomic E-state index is 11.2. The number of allylic oxidation sites excluding steroid dienone is 4. The molecule has 17 heavy (non-hydrogen) atoms. The fourth-order valence-corrected chi connectivity index (χ4v) is 2.34. The average Bonchev–Trinajstić information content (AvgIpc) is 2.81. The molecule has 0 heterocycles. The molecule has 2 nitrogen and oxygen atoms in total. The van der Waals surface area contributed by atoms with Crippen molar-refractivity contribution in [2.24, 2.45) is 11.8 Å². The number of rotatable bonds is 9. The summed E-state index contributed by atoms with van der Waals surface area (Å²) in [5, 5.41) is 9.21. The van der Waals surface area contributed by atoms with Crippen LogP contribution in [0.4, 0.5) is 0 Å². The van der Waals surface area contributed by atoms with Gasteiger partial charge < -0.3 is 5.11 Å². The molecule has 0 aromatic heterocycles. The average molecular weight is 236 g/mol. The van der Waals surface area contributed by atoms with Gasteiger partial charge in [-0.05, 0) is 6.42 Å². The number of hydrogen-bond acceptors (Lipinski definition) is 1. The SMILES string of the molecule is CCCCCCCCC(C(=O)O)C1C=CC=C1. The normalized spacial score (nSPS) is 16.5. The molecule has 0 spiro atoms. The van der Waals surface area contributed by atoms with Crippen molar-refractivity contribution in [3.63, 3.8) is 0 Å². The molecular weight excluding hydrogens is 212 g/mol. The number of hydrogen-bond donors (Lipinski definition) is 1. The number of carbonyl (C=O) groups is 1. The predicted octanol–water partition coefficient (Wildman–Crippen LogP) is 4.18. The Bertz CT molecular complexity index is 267. The summed E-state index contributed by atoms with van der Waals surface area (Å²) in [6.07, 6.45) is 16.0. The van der Waals surface area contributed by atoms with Crippen molar-refractivity contribution in [3.05, 3.63) is 24.3 Å². The second-order valence-electron chi connectivity index (χ2n) is 4.85. The van der Waals surface area contributed by atoms with E-state index in [1.54, 1.807) is 0 Å². The molecule has 0 amide bonds. The highest BCUT2D eigenvalue weighted by atomic mass is 16.4. The summed E-state index contributed by atoms with van der Waals surface area (Å²) in [5.74, 6) is -0.765. The summed E-state index contributed by atoms with van der Waals surface area (Å²) >= 11 is 0. The van der Waals surface area contributed by atoms with E-state index in [1.807, 2.05) is 24.3 Å². The Morgan fingerprint density at radius 3 is 2.29 bits per heavy atom. The van der Waals surface area contributed by atoms with E-state index in [1.165, 1.54) is 32.1 Å². The molecule has 0 fully saturated rings. The monoisotopic (exact) mass is 236 g/mol. The third-order valence-corrected chi connectivity index (χ3v) is 3.43. The van der Waals surface area contributed by atoms with E-state index in [9.17, 15) is 9.90 Å². The summed E-state index contributed by atoms with van der Waals surface area (Å²) in [7, 11) is 0. The highest BCUT2D eigenvalue weighted by molar-refractivity contribution is 5.71. The van der Waals surface area contributed by atoms with Crippen LogP contribution in [0.2, 0.25) is 0 Å². The first kappa shape index (κ1) is 14.0. The van der Waals surface area contributed by atoms with Gasteiger partial charge >= 0.3 is 5.97 Å². The maximum atomic E-state index is 11.2. The van der Waals surface area contributed by atoms with Gasteiger partial charge in [-0.1, -0.05) is 69.8 Å². The number of carboxylic acids is 1. The van der Waals surface area contributed by atoms with Crippen LogP contribution in [0.15, 0.2) is 24.3 Å². The first-order chi connectivity index (χ1) is 8.25. The van der Waals surface area contributed by atoms with Crippen LogP contribution in [0.25, 0.3) is 0 Å². The summed E-state index contributed by atoms with van der Waals surface area (Å²) < 4.78 is 0. The Morgan fingerprint density at radius 1 is 1.12 bits per heavy atom. The third kappa shape index (κ3) is 5.20. The first-order valence-corrected chi connectivity index (χ1v) is 6.83. The molecule has 96 valence electrons. The lowest BCUT2D eigenvalue weighted by atomic mass is 9.88. The van der Waals surface area contributed by atoms with E-state index < -0.39 is 5.97 Å². The Hall–Kier alpha value is -1.05. The van der Waals surface area contributed by atoms with E-state index in [-0.39, 0.29) is 11.8 Å². The van der Waals surface area contributed by atoms with Gasteiger partial charge in [-0.15, -0.1) is 0 Å². The van der Waals surface area contributed by atoms with Gasteiger partial charge in [0.1, 0.15) is 0 Å². The molecule has 2 heteroatoms. The van der Waals surface area contributed by atoms with E-state index >= 15 is 0 Å².